The Hall–Kier alpha value is -0.570. The summed E-state index contributed by atoms with van der Waals surface area (Å²) < 4.78 is 5.16. The fraction of sp³-hybridized carbons (Fsp3) is 0.917. The van der Waals surface area contributed by atoms with Crippen LogP contribution in [0, 0.1) is 11.3 Å². The van der Waals surface area contributed by atoms with Crippen molar-refractivity contribution >= 4 is 5.91 Å². The number of hydrogen-bond donors (Lipinski definition) is 1. The lowest BCUT2D eigenvalue weighted by atomic mass is 9.81. The molecule has 0 fully saturated rings. The van der Waals surface area contributed by atoms with Gasteiger partial charge in [-0.3, -0.25) is 4.79 Å². The quantitative estimate of drug-likeness (QED) is 0.661. The normalized spacial score (nSPS) is 11.9. The summed E-state index contributed by atoms with van der Waals surface area (Å²) in [5.41, 5.74) is 0.139. The lowest BCUT2D eigenvalue weighted by Gasteiger charge is -2.29. The van der Waals surface area contributed by atoms with E-state index in [4.69, 9.17) is 4.74 Å². The zero-order valence-electron chi connectivity index (χ0n) is 10.7. The van der Waals surface area contributed by atoms with Crippen LogP contribution in [0.2, 0.25) is 0 Å². The Morgan fingerprint density at radius 3 is 2.47 bits per heavy atom. The van der Waals surface area contributed by atoms with Crippen molar-refractivity contribution in [1.82, 2.24) is 5.32 Å². The van der Waals surface area contributed by atoms with E-state index in [1.54, 1.807) is 0 Å². The van der Waals surface area contributed by atoms with Gasteiger partial charge in [0.25, 0.3) is 0 Å². The van der Waals surface area contributed by atoms with Crippen LogP contribution in [0.25, 0.3) is 0 Å². The summed E-state index contributed by atoms with van der Waals surface area (Å²) in [7, 11) is 0. The molecule has 0 aromatic heterocycles. The van der Waals surface area contributed by atoms with Crippen LogP contribution in [0.3, 0.4) is 0 Å². The van der Waals surface area contributed by atoms with Crippen molar-refractivity contribution in [3.63, 3.8) is 0 Å². The van der Waals surface area contributed by atoms with E-state index in [1.165, 1.54) is 0 Å². The van der Waals surface area contributed by atoms with E-state index in [0.29, 0.717) is 19.1 Å². The molecule has 0 saturated carbocycles. The van der Waals surface area contributed by atoms with Gasteiger partial charge in [-0.25, -0.2) is 0 Å². The Balaban J connectivity index is 3.71. The molecule has 0 heterocycles. The first-order valence-corrected chi connectivity index (χ1v) is 5.74. The molecule has 0 aliphatic heterocycles. The average molecular weight is 215 g/mol. The van der Waals surface area contributed by atoms with Crippen molar-refractivity contribution in [2.24, 2.45) is 11.3 Å². The van der Waals surface area contributed by atoms with E-state index >= 15 is 0 Å². The zero-order valence-corrected chi connectivity index (χ0v) is 10.7. The van der Waals surface area contributed by atoms with E-state index in [9.17, 15) is 4.79 Å². The minimum atomic E-state index is -0.0165. The minimum Gasteiger partial charge on any atom is -0.372 e. The van der Waals surface area contributed by atoms with Crippen LogP contribution in [-0.4, -0.2) is 25.7 Å². The van der Waals surface area contributed by atoms with Gasteiger partial charge in [0.2, 0.25) is 5.91 Å². The Morgan fingerprint density at radius 1 is 1.40 bits per heavy atom. The predicted octanol–water partition coefficient (Wildman–Crippen LogP) is 2.21. The fourth-order valence-corrected chi connectivity index (χ4v) is 0.891. The summed E-state index contributed by atoms with van der Waals surface area (Å²) in [5.74, 6) is 0.534. The van der Waals surface area contributed by atoms with Crippen molar-refractivity contribution in [3.8, 4) is 0 Å². The molecule has 0 unspecified atom stereocenters. The molecular formula is C12H25NO2. The van der Waals surface area contributed by atoms with Gasteiger partial charge in [-0.2, -0.15) is 0 Å². The van der Waals surface area contributed by atoms with Crippen molar-refractivity contribution in [2.75, 3.05) is 19.8 Å². The maximum absolute atomic E-state index is 11.4. The summed E-state index contributed by atoms with van der Waals surface area (Å²) in [6, 6.07) is 0. The second-order valence-corrected chi connectivity index (χ2v) is 4.97. The van der Waals surface area contributed by atoms with E-state index in [-0.39, 0.29) is 17.9 Å². The van der Waals surface area contributed by atoms with E-state index in [0.717, 1.165) is 6.42 Å². The zero-order chi connectivity index (χ0) is 11.9. The molecule has 0 aromatic carbocycles. The average Bonchev–Trinajstić information content (AvgIpc) is 2.15. The first kappa shape index (κ1) is 14.4. The van der Waals surface area contributed by atoms with Gasteiger partial charge in [0.1, 0.15) is 6.61 Å². The second-order valence-electron chi connectivity index (χ2n) is 4.97. The number of carbonyl (C=O) groups excluding carboxylic acids is 1. The molecule has 0 rings (SSSR count). The molecule has 0 aliphatic carbocycles. The Kier molecular flexibility index (Phi) is 6.57. The highest BCUT2D eigenvalue weighted by Crippen LogP contribution is 2.24. The molecule has 3 nitrogen and oxygen atoms in total. The predicted molar refractivity (Wildman–Crippen MR) is 62.7 cm³/mol. The Bertz CT molecular complexity index is 188. The number of nitrogens with one attached hydrogen (secondary N) is 1. The maximum atomic E-state index is 11.4. The van der Waals surface area contributed by atoms with Gasteiger partial charge in [-0.05, 0) is 17.8 Å². The minimum absolute atomic E-state index is 0.0165. The number of ether oxygens (including phenoxy) is 1. The second kappa shape index (κ2) is 6.83. The molecule has 15 heavy (non-hydrogen) atoms. The smallest absolute Gasteiger partial charge is 0.246 e. The molecule has 0 aromatic rings. The molecule has 3 heteroatoms. The SMILES string of the molecule is CCCOCC(=O)NCC(C)(C)C(C)C. The number of carbonyl (C=O) groups is 1. The number of rotatable bonds is 7. The van der Waals surface area contributed by atoms with Gasteiger partial charge in [0, 0.05) is 13.2 Å². The van der Waals surface area contributed by atoms with E-state index in [1.807, 2.05) is 6.92 Å². The van der Waals surface area contributed by atoms with Gasteiger partial charge < -0.3 is 10.1 Å². The van der Waals surface area contributed by atoms with Crippen LogP contribution < -0.4 is 5.32 Å². The fourth-order valence-electron chi connectivity index (χ4n) is 0.891. The molecular weight excluding hydrogens is 190 g/mol. The van der Waals surface area contributed by atoms with Crippen molar-refractivity contribution in [3.05, 3.63) is 0 Å². The molecule has 0 saturated heterocycles. The first-order chi connectivity index (χ1) is 6.90. The van der Waals surface area contributed by atoms with E-state index < -0.39 is 0 Å². The summed E-state index contributed by atoms with van der Waals surface area (Å²) in [5, 5.41) is 2.90. The van der Waals surface area contributed by atoms with Crippen molar-refractivity contribution < 1.29 is 9.53 Å². The molecule has 0 aliphatic rings. The van der Waals surface area contributed by atoms with Crippen LogP contribution >= 0.6 is 0 Å². The van der Waals surface area contributed by atoms with Crippen LogP contribution in [0.1, 0.15) is 41.0 Å². The van der Waals surface area contributed by atoms with Crippen LogP contribution in [-0.2, 0) is 9.53 Å². The van der Waals surface area contributed by atoms with Gasteiger partial charge in [-0.15, -0.1) is 0 Å². The summed E-state index contributed by atoms with van der Waals surface area (Å²) in [6.07, 6.45) is 0.949. The Morgan fingerprint density at radius 2 is 2.00 bits per heavy atom. The topological polar surface area (TPSA) is 38.3 Å². The van der Waals surface area contributed by atoms with Gasteiger partial charge in [0.05, 0.1) is 0 Å². The van der Waals surface area contributed by atoms with Crippen molar-refractivity contribution in [2.45, 2.75) is 41.0 Å². The molecule has 0 atom stereocenters. The van der Waals surface area contributed by atoms with Crippen LogP contribution in [0.5, 0.6) is 0 Å². The van der Waals surface area contributed by atoms with Gasteiger partial charge >= 0.3 is 0 Å². The van der Waals surface area contributed by atoms with Crippen molar-refractivity contribution in [1.29, 1.82) is 0 Å². The third-order valence-corrected chi connectivity index (χ3v) is 2.89. The number of amides is 1. The largest absolute Gasteiger partial charge is 0.372 e. The summed E-state index contributed by atoms with van der Waals surface area (Å²) >= 11 is 0. The van der Waals surface area contributed by atoms with E-state index in [2.05, 4.69) is 33.0 Å². The lowest BCUT2D eigenvalue weighted by molar-refractivity contribution is -0.126. The third-order valence-electron chi connectivity index (χ3n) is 2.89. The van der Waals surface area contributed by atoms with Gasteiger partial charge in [-0.1, -0.05) is 34.6 Å². The maximum Gasteiger partial charge on any atom is 0.246 e. The highest BCUT2D eigenvalue weighted by Gasteiger charge is 2.22. The molecule has 0 bridgehead atoms. The van der Waals surface area contributed by atoms with Gasteiger partial charge in [0.15, 0.2) is 0 Å². The molecule has 1 N–H and O–H groups in total. The highest BCUT2D eigenvalue weighted by atomic mass is 16.5. The number of hydrogen-bond acceptors (Lipinski definition) is 2. The molecule has 90 valence electrons. The monoisotopic (exact) mass is 215 g/mol. The van der Waals surface area contributed by atoms with Crippen LogP contribution in [0.15, 0.2) is 0 Å². The summed E-state index contributed by atoms with van der Waals surface area (Å²) in [4.78, 5) is 11.4. The molecule has 1 amide bonds. The molecule has 0 radical (unpaired) electrons. The lowest BCUT2D eigenvalue weighted by Crippen LogP contribution is -2.38. The summed E-state index contributed by atoms with van der Waals surface area (Å²) in [6.45, 7) is 12.2. The standard InChI is InChI=1S/C12H25NO2/c1-6-7-15-8-11(14)13-9-12(4,5)10(2)3/h10H,6-9H2,1-5H3,(H,13,14). The van der Waals surface area contributed by atoms with Crippen LogP contribution in [0.4, 0.5) is 0 Å². The highest BCUT2D eigenvalue weighted by molar-refractivity contribution is 5.77. The third kappa shape index (κ3) is 6.50. The molecule has 0 spiro atoms. The Labute approximate surface area is 93.6 Å². The first-order valence-electron chi connectivity index (χ1n) is 5.74.